The van der Waals surface area contributed by atoms with E-state index in [2.05, 4.69) is 5.32 Å². The summed E-state index contributed by atoms with van der Waals surface area (Å²) in [5.74, 6) is 0.583. The van der Waals surface area contributed by atoms with Crippen LogP contribution in [0, 0.1) is 12.7 Å². The molecular weight excluding hydrogens is 241 g/mol. The van der Waals surface area contributed by atoms with Gasteiger partial charge in [-0.3, -0.25) is 0 Å². The predicted octanol–water partition coefficient (Wildman–Crippen LogP) is 4.21. The lowest BCUT2D eigenvalue weighted by Gasteiger charge is -2.13. The average molecular weight is 259 g/mol. The number of aryl methyl sites for hydroxylation is 1. The Bertz CT molecular complexity index is 568. The van der Waals surface area contributed by atoms with Gasteiger partial charge in [-0.15, -0.1) is 0 Å². The van der Waals surface area contributed by atoms with Gasteiger partial charge in [0, 0.05) is 6.04 Å². The third-order valence-electron chi connectivity index (χ3n) is 3.20. The number of hydrogen-bond donors (Lipinski definition) is 1. The Morgan fingerprint density at radius 1 is 1.11 bits per heavy atom. The van der Waals surface area contributed by atoms with Gasteiger partial charge in [-0.1, -0.05) is 24.3 Å². The number of para-hydroxylation sites is 1. The molecule has 3 heteroatoms. The van der Waals surface area contributed by atoms with Crippen LogP contribution in [0.2, 0.25) is 0 Å². The van der Waals surface area contributed by atoms with E-state index < -0.39 is 0 Å². The van der Waals surface area contributed by atoms with Crippen molar-refractivity contribution in [2.75, 3.05) is 7.05 Å². The SMILES string of the molecule is CNC(C)c1ccc(Oc2ccccc2C)c(F)c1. The second-order valence-electron chi connectivity index (χ2n) is 4.57. The van der Waals surface area contributed by atoms with Crippen LogP contribution < -0.4 is 10.1 Å². The van der Waals surface area contributed by atoms with E-state index in [0.29, 0.717) is 5.75 Å². The van der Waals surface area contributed by atoms with E-state index >= 15 is 0 Å². The Balaban J connectivity index is 2.25. The second-order valence-corrected chi connectivity index (χ2v) is 4.57. The molecule has 0 spiro atoms. The van der Waals surface area contributed by atoms with Crippen LogP contribution in [0.15, 0.2) is 42.5 Å². The minimum absolute atomic E-state index is 0.113. The number of halogens is 1. The maximum atomic E-state index is 14.0. The molecule has 0 heterocycles. The van der Waals surface area contributed by atoms with Crippen molar-refractivity contribution in [3.63, 3.8) is 0 Å². The third-order valence-corrected chi connectivity index (χ3v) is 3.20. The first kappa shape index (κ1) is 13.6. The van der Waals surface area contributed by atoms with Crippen molar-refractivity contribution in [3.05, 3.63) is 59.4 Å². The van der Waals surface area contributed by atoms with Crippen molar-refractivity contribution in [2.24, 2.45) is 0 Å². The van der Waals surface area contributed by atoms with Crippen LogP contribution >= 0.6 is 0 Å². The second kappa shape index (κ2) is 5.85. The van der Waals surface area contributed by atoms with E-state index in [1.165, 1.54) is 6.07 Å². The molecule has 0 aliphatic heterocycles. The van der Waals surface area contributed by atoms with Crippen LogP contribution in [0.5, 0.6) is 11.5 Å². The van der Waals surface area contributed by atoms with Crippen molar-refractivity contribution >= 4 is 0 Å². The first-order valence-corrected chi connectivity index (χ1v) is 6.32. The van der Waals surface area contributed by atoms with Gasteiger partial charge >= 0.3 is 0 Å². The molecule has 0 saturated carbocycles. The highest BCUT2D eigenvalue weighted by atomic mass is 19.1. The molecule has 2 nitrogen and oxygen atoms in total. The molecule has 2 aromatic carbocycles. The lowest BCUT2D eigenvalue weighted by Crippen LogP contribution is -2.12. The fraction of sp³-hybridized carbons (Fsp3) is 0.250. The van der Waals surface area contributed by atoms with Crippen LogP contribution in [0.3, 0.4) is 0 Å². The van der Waals surface area contributed by atoms with E-state index in [9.17, 15) is 4.39 Å². The van der Waals surface area contributed by atoms with Crippen LogP contribution in [0.1, 0.15) is 24.1 Å². The lowest BCUT2D eigenvalue weighted by atomic mass is 10.1. The summed E-state index contributed by atoms with van der Waals surface area (Å²) in [6, 6.07) is 12.7. The van der Waals surface area contributed by atoms with Gasteiger partial charge in [0.2, 0.25) is 0 Å². The van der Waals surface area contributed by atoms with E-state index in [4.69, 9.17) is 4.74 Å². The maximum Gasteiger partial charge on any atom is 0.166 e. The van der Waals surface area contributed by atoms with Crippen molar-refractivity contribution in [2.45, 2.75) is 19.9 Å². The molecule has 0 amide bonds. The predicted molar refractivity (Wildman–Crippen MR) is 75.1 cm³/mol. The van der Waals surface area contributed by atoms with Gasteiger partial charge < -0.3 is 10.1 Å². The summed E-state index contributed by atoms with van der Waals surface area (Å²) in [5.41, 5.74) is 1.88. The van der Waals surface area contributed by atoms with Crippen molar-refractivity contribution < 1.29 is 9.13 Å². The quantitative estimate of drug-likeness (QED) is 0.888. The summed E-state index contributed by atoms with van der Waals surface area (Å²) in [5, 5.41) is 3.08. The molecule has 2 rings (SSSR count). The third kappa shape index (κ3) is 3.12. The van der Waals surface area contributed by atoms with Gasteiger partial charge in [0.25, 0.3) is 0 Å². The largest absolute Gasteiger partial charge is 0.454 e. The van der Waals surface area contributed by atoms with Gasteiger partial charge in [0.15, 0.2) is 11.6 Å². The van der Waals surface area contributed by atoms with E-state index in [1.807, 2.05) is 51.2 Å². The fourth-order valence-electron chi connectivity index (χ4n) is 1.83. The minimum Gasteiger partial charge on any atom is -0.454 e. The standard InChI is InChI=1S/C16H18FNO/c1-11-6-4-5-7-15(11)19-16-9-8-13(10-14(16)17)12(2)18-3/h4-10,12,18H,1-3H3. The average Bonchev–Trinajstić information content (AvgIpc) is 2.42. The monoisotopic (exact) mass is 259 g/mol. The van der Waals surface area contributed by atoms with Gasteiger partial charge in [-0.2, -0.15) is 0 Å². The maximum absolute atomic E-state index is 14.0. The number of hydrogen-bond acceptors (Lipinski definition) is 2. The van der Waals surface area contributed by atoms with Gasteiger partial charge in [0.05, 0.1) is 0 Å². The van der Waals surface area contributed by atoms with Gasteiger partial charge in [0.1, 0.15) is 5.75 Å². The van der Waals surface area contributed by atoms with Crippen LogP contribution in [0.4, 0.5) is 4.39 Å². The van der Waals surface area contributed by atoms with Crippen molar-refractivity contribution in [3.8, 4) is 11.5 Å². The molecule has 1 unspecified atom stereocenters. The zero-order valence-electron chi connectivity index (χ0n) is 11.4. The summed E-state index contributed by atoms with van der Waals surface area (Å²) < 4.78 is 19.6. The van der Waals surface area contributed by atoms with Crippen LogP contribution in [-0.4, -0.2) is 7.05 Å². The number of ether oxygens (including phenoxy) is 1. The number of nitrogens with one attached hydrogen (secondary N) is 1. The molecular formula is C16H18FNO. The van der Waals surface area contributed by atoms with Crippen molar-refractivity contribution in [1.29, 1.82) is 0 Å². The Kier molecular flexibility index (Phi) is 4.17. The molecule has 0 aliphatic carbocycles. The highest BCUT2D eigenvalue weighted by Crippen LogP contribution is 2.28. The molecule has 1 N–H and O–H groups in total. The molecule has 1 atom stereocenters. The summed E-state index contributed by atoms with van der Waals surface area (Å²) in [6.07, 6.45) is 0. The minimum atomic E-state index is -0.345. The Labute approximate surface area is 113 Å². The molecule has 100 valence electrons. The fourth-order valence-corrected chi connectivity index (χ4v) is 1.83. The van der Waals surface area contributed by atoms with Crippen LogP contribution in [-0.2, 0) is 0 Å². The summed E-state index contributed by atoms with van der Waals surface area (Å²) in [4.78, 5) is 0. The van der Waals surface area contributed by atoms with E-state index in [1.54, 1.807) is 6.07 Å². The lowest BCUT2D eigenvalue weighted by molar-refractivity contribution is 0.438. The first-order valence-electron chi connectivity index (χ1n) is 6.32. The van der Waals surface area contributed by atoms with E-state index in [-0.39, 0.29) is 17.6 Å². The smallest absolute Gasteiger partial charge is 0.166 e. The summed E-state index contributed by atoms with van der Waals surface area (Å²) >= 11 is 0. The molecule has 0 radical (unpaired) electrons. The normalized spacial score (nSPS) is 12.2. The number of rotatable bonds is 4. The Hall–Kier alpha value is -1.87. The molecule has 0 saturated heterocycles. The summed E-state index contributed by atoms with van der Waals surface area (Å²) in [6.45, 7) is 3.92. The molecule has 0 fully saturated rings. The Morgan fingerprint density at radius 3 is 2.47 bits per heavy atom. The van der Waals surface area contributed by atoms with Crippen molar-refractivity contribution in [1.82, 2.24) is 5.32 Å². The summed E-state index contributed by atoms with van der Waals surface area (Å²) in [7, 11) is 1.85. The Morgan fingerprint density at radius 2 is 1.84 bits per heavy atom. The molecule has 2 aromatic rings. The number of benzene rings is 2. The highest BCUT2D eigenvalue weighted by Gasteiger charge is 2.10. The first-order chi connectivity index (χ1) is 9.11. The molecule has 0 aliphatic rings. The van der Waals surface area contributed by atoms with Gasteiger partial charge in [-0.05, 0) is 50.2 Å². The van der Waals surface area contributed by atoms with E-state index in [0.717, 1.165) is 11.1 Å². The molecule has 0 aromatic heterocycles. The zero-order valence-corrected chi connectivity index (χ0v) is 11.4. The van der Waals surface area contributed by atoms with Gasteiger partial charge in [-0.25, -0.2) is 4.39 Å². The topological polar surface area (TPSA) is 21.3 Å². The van der Waals surface area contributed by atoms with Crippen LogP contribution in [0.25, 0.3) is 0 Å². The zero-order chi connectivity index (χ0) is 13.8. The highest BCUT2D eigenvalue weighted by molar-refractivity contribution is 5.38. The molecule has 0 bridgehead atoms. The molecule has 19 heavy (non-hydrogen) atoms.